The van der Waals surface area contributed by atoms with Gasteiger partial charge in [-0.25, -0.2) is 4.39 Å². The molecule has 2 nitrogen and oxygen atoms in total. The Morgan fingerprint density at radius 2 is 2.25 bits per heavy atom. The monoisotopic (exact) mass is 287 g/mol. The number of hydrogen-bond donors (Lipinski definition) is 2. The lowest BCUT2D eigenvalue weighted by Crippen LogP contribution is -2.35. The molecule has 2 rings (SSSR count). The summed E-state index contributed by atoms with van der Waals surface area (Å²) in [6, 6.07) is 5.01. The number of halogens is 2. The molecule has 0 saturated heterocycles. The minimum Gasteiger partial charge on any atom is -0.392 e. The van der Waals surface area contributed by atoms with Crippen LogP contribution in [-0.4, -0.2) is 17.3 Å². The highest BCUT2D eigenvalue weighted by Gasteiger charge is 2.24. The summed E-state index contributed by atoms with van der Waals surface area (Å²) in [4.78, 5) is 0. The first-order chi connectivity index (χ1) is 7.66. The maximum Gasteiger partial charge on any atom is 0.127 e. The smallest absolute Gasteiger partial charge is 0.127 e. The normalized spacial score (nSPS) is 24.9. The Kier molecular flexibility index (Phi) is 3.95. The summed E-state index contributed by atoms with van der Waals surface area (Å²) in [6.45, 7) is 0.465. The highest BCUT2D eigenvalue weighted by Crippen LogP contribution is 2.20. The Morgan fingerprint density at radius 1 is 1.44 bits per heavy atom. The number of nitrogens with one attached hydrogen (secondary N) is 1. The Bertz CT molecular complexity index is 372. The lowest BCUT2D eigenvalue weighted by atomic mass is 10.1. The van der Waals surface area contributed by atoms with Crippen molar-refractivity contribution in [3.05, 3.63) is 34.1 Å². The zero-order chi connectivity index (χ0) is 11.5. The maximum absolute atomic E-state index is 13.4. The number of aliphatic hydroxyl groups excluding tert-OH is 1. The van der Waals surface area contributed by atoms with Gasteiger partial charge in [0.15, 0.2) is 0 Å². The number of rotatable bonds is 3. The molecule has 16 heavy (non-hydrogen) atoms. The van der Waals surface area contributed by atoms with Gasteiger partial charge in [0.25, 0.3) is 0 Å². The van der Waals surface area contributed by atoms with Gasteiger partial charge in [-0.3, -0.25) is 0 Å². The zero-order valence-corrected chi connectivity index (χ0v) is 10.5. The average Bonchev–Trinajstić information content (AvgIpc) is 2.66. The van der Waals surface area contributed by atoms with Crippen LogP contribution in [0.25, 0.3) is 0 Å². The van der Waals surface area contributed by atoms with Gasteiger partial charge in [-0.15, -0.1) is 0 Å². The van der Waals surface area contributed by atoms with Crippen LogP contribution < -0.4 is 5.32 Å². The fourth-order valence-electron chi connectivity index (χ4n) is 2.10. The van der Waals surface area contributed by atoms with Gasteiger partial charge in [0.1, 0.15) is 5.82 Å². The molecule has 2 N–H and O–H groups in total. The van der Waals surface area contributed by atoms with Gasteiger partial charge in [-0.1, -0.05) is 15.9 Å². The van der Waals surface area contributed by atoms with Gasteiger partial charge in [-0.2, -0.15) is 0 Å². The lowest BCUT2D eigenvalue weighted by molar-refractivity contribution is 0.148. The van der Waals surface area contributed by atoms with Crippen molar-refractivity contribution in [2.45, 2.75) is 38.0 Å². The summed E-state index contributed by atoms with van der Waals surface area (Å²) in [5.41, 5.74) is 0.633. The zero-order valence-electron chi connectivity index (χ0n) is 8.92. The molecule has 0 spiro atoms. The van der Waals surface area contributed by atoms with Crippen molar-refractivity contribution in [2.24, 2.45) is 0 Å². The number of benzene rings is 1. The quantitative estimate of drug-likeness (QED) is 0.896. The van der Waals surface area contributed by atoms with Crippen LogP contribution in [0.3, 0.4) is 0 Å². The minimum atomic E-state index is -0.282. The van der Waals surface area contributed by atoms with Crippen LogP contribution in [0.4, 0.5) is 4.39 Å². The van der Waals surface area contributed by atoms with Crippen molar-refractivity contribution in [1.29, 1.82) is 0 Å². The molecule has 88 valence electrons. The van der Waals surface area contributed by atoms with Gasteiger partial charge in [0.05, 0.1) is 6.10 Å². The maximum atomic E-state index is 13.4. The van der Waals surface area contributed by atoms with E-state index >= 15 is 0 Å². The summed E-state index contributed by atoms with van der Waals surface area (Å²) in [7, 11) is 0. The summed E-state index contributed by atoms with van der Waals surface area (Å²) < 4.78 is 14.3. The molecular weight excluding hydrogens is 273 g/mol. The second kappa shape index (κ2) is 5.25. The van der Waals surface area contributed by atoms with Crippen LogP contribution in [0.15, 0.2) is 22.7 Å². The molecule has 1 aromatic rings. The molecular formula is C12H15BrFNO. The van der Waals surface area contributed by atoms with Crippen LogP contribution in [0.1, 0.15) is 24.8 Å². The predicted octanol–water partition coefficient (Wildman–Crippen LogP) is 2.59. The molecule has 4 heteroatoms. The average molecular weight is 288 g/mol. The van der Waals surface area contributed by atoms with Gasteiger partial charge < -0.3 is 10.4 Å². The largest absolute Gasteiger partial charge is 0.392 e. The summed E-state index contributed by atoms with van der Waals surface area (Å²) in [5, 5.41) is 12.8. The van der Waals surface area contributed by atoms with Crippen molar-refractivity contribution >= 4 is 15.9 Å². The fraction of sp³-hybridized carbons (Fsp3) is 0.500. The van der Waals surface area contributed by atoms with E-state index in [-0.39, 0.29) is 18.0 Å². The van der Waals surface area contributed by atoms with E-state index < -0.39 is 0 Å². The first kappa shape index (κ1) is 12.0. The molecule has 1 aliphatic rings. The van der Waals surface area contributed by atoms with Crippen molar-refractivity contribution in [3.63, 3.8) is 0 Å². The Labute approximate surface area is 103 Å². The molecule has 0 aromatic heterocycles. The standard InChI is InChI=1S/C12H15BrFNO/c13-9-4-5-10(14)8(6-9)7-15-11-2-1-3-12(11)16/h4-6,11-12,15-16H,1-3,7H2/t11-,12-/m0/s1. The van der Waals surface area contributed by atoms with Crippen LogP contribution in [0, 0.1) is 5.82 Å². The first-order valence-corrected chi connectivity index (χ1v) is 6.31. The molecule has 1 aromatic carbocycles. The molecule has 0 unspecified atom stereocenters. The van der Waals surface area contributed by atoms with E-state index in [2.05, 4.69) is 21.2 Å². The fourth-order valence-corrected chi connectivity index (χ4v) is 2.51. The highest BCUT2D eigenvalue weighted by atomic mass is 79.9. The van der Waals surface area contributed by atoms with Gasteiger partial charge in [0, 0.05) is 22.6 Å². The van der Waals surface area contributed by atoms with Crippen molar-refractivity contribution in [3.8, 4) is 0 Å². The first-order valence-electron chi connectivity index (χ1n) is 5.52. The van der Waals surface area contributed by atoms with Crippen LogP contribution in [0.5, 0.6) is 0 Å². The third kappa shape index (κ3) is 2.81. The molecule has 0 radical (unpaired) electrons. The van der Waals surface area contributed by atoms with Crippen LogP contribution in [0.2, 0.25) is 0 Å². The van der Waals surface area contributed by atoms with Gasteiger partial charge >= 0.3 is 0 Å². The Hall–Kier alpha value is -0.450. The Morgan fingerprint density at radius 3 is 2.94 bits per heavy atom. The molecule has 2 atom stereocenters. The highest BCUT2D eigenvalue weighted by molar-refractivity contribution is 9.10. The third-order valence-corrected chi connectivity index (χ3v) is 3.54. The Balaban J connectivity index is 1.96. The third-order valence-electron chi connectivity index (χ3n) is 3.04. The molecule has 0 aliphatic heterocycles. The SMILES string of the molecule is O[C@H]1CCC[C@@H]1NCc1cc(Br)ccc1F. The van der Waals surface area contributed by atoms with E-state index in [4.69, 9.17) is 0 Å². The van der Waals surface area contributed by atoms with Crippen molar-refractivity contribution in [1.82, 2.24) is 5.32 Å². The molecule has 1 aliphatic carbocycles. The van der Waals surface area contributed by atoms with E-state index in [1.165, 1.54) is 6.07 Å². The van der Waals surface area contributed by atoms with Crippen LogP contribution in [-0.2, 0) is 6.54 Å². The predicted molar refractivity (Wildman–Crippen MR) is 64.6 cm³/mol. The van der Waals surface area contributed by atoms with Crippen molar-refractivity contribution < 1.29 is 9.50 Å². The molecule has 0 heterocycles. The van der Waals surface area contributed by atoms with E-state index in [1.807, 2.05) is 0 Å². The minimum absolute atomic E-state index is 0.110. The van der Waals surface area contributed by atoms with E-state index in [0.717, 1.165) is 23.7 Å². The molecule has 0 bridgehead atoms. The second-order valence-electron chi connectivity index (χ2n) is 4.22. The van der Waals surface area contributed by atoms with E-state index in [0.29, 0.717) is 12.1 Å². The van der Waals surface area contributed by atoms with Gasteiger partial charge in [-0.05, 0) is 37.5 Å². The van der Waals surface area contributed by atoms with Crippen molar-refractivity contribution in [2.75, 3.05) is 0 Å². The lowest BCUT2D eigenvalue weighted by Gasteiger charge is -2.16. The van der Waals surface area contributed by atoms with Crippen LogP contribution >= 0.6 is 15.9 Å². The molecule has 1 saturated carbocycles. The topological polar surface area (TPSA) is 32.3 Å². The summed E-state index contributed by atoms with van der Waals surface area (Å²) >= 11 is 3.32. The van der Waals surface area contributed by atoms with E-state index in [9.17, 15) is 9.50 Å². The van der Waals surface area contributed by atoms with E-state index in [1.54, 1.807) is 12.1 Å². The molecule has 1 fully saturated rings. The second-order valence-corrected chi connectivity index (χ2v) is 5.14. The number of aliphatic hydroxyl groups is 1. The number of hydrogen-bond acceptors (Lipinski definition) is 2. The summed E-state index contributed by atoms with van der Waals surface area (Å²) in [5.74, 6) is -0.205. The van der Waals surface area contributed by atoms with Gasteiger partial charge in [0.2, 0.25) is 0 Å². The molecule has 0 amide bonds. The summed E-state index contributed by atoms with van der Waals surface area (Å²) in [6.07, 6.45) is 2.57.